The van der Waals surface area contributed by atoms with Gasteiger partial charge in [0.2, 0.25) is 0 Å². The molecule has 0 fully saturated rings. The first-order chi connectivity index (χ1) is 11.2. The second-order valence-corrected chi connectivity index (χ2v) is 5.15. The summed E-state index contributed by atoms with van der Waals surface area (Å²) in [5.74, 6) is 0.819. The van der Waals surface area contributed by atoms with Gasteiger partial charge >= 0.3 is 6.03 Å². The number of rotatable bonds is 5. The van der Waals surface area contributed by atoms with E-state index in [1.54, 1.807) is 13.3 Å². The Morgan fingerprint density at radius 2 is 2.17 bits per heavy atom. The van der Waals surface area contributed by atoms with Crippen molar-refractivity contribution in [1.29, 1.82) is 0 Å². The second-order valence-electron chi connectivity index (χ2n) is 5.15. The number of nitrogens with zero attached hydrogens (tertiary/aromatic N) is 1. The summed E-state index contributed by atoms with van der Waals surface area (Å²) >= 11 is 0. The van der Waals surface area contributed by atoms with Crippen LogP contribution in [0.25, 0.3) is 10.9 Å². The Hall–Kier alpha value is -3.02. The van der Waals surface area contributed by atoms with E-state index in [0.29, 0.717) is 6.54 Å². The molecule has 0 saturated heterocycles. The number of H-pyrrole nitrogens is 1. The largest absolute Gasteiger partial charge is 0.497 e. The highest BCUT2D eigenvalue weighted by molar-refractivity contribution is 5.92. The van der Waals surface area contributed by atoms with Gasteiger partial charge in [-0.25, -0.2) is 4.79 Å². The number of ether oxygens (including phenoxy) is 1. The van der Waals surface area contributed by atoms with Crippen molar-refractivity contribution in [3.8, 4) is 5.75 Å². The molecule has 1 aromatic heterocycles. The minimum Gasteiger partial charge on any atom is -0.497 e. The molecule has 0 bridgehead atoms. The molecule has 0 aliphatic carbocycles. The minimum absolute atomic E-state index is 0.230. The lowest BCUT2D eigenvalue weighted by atomic mass is 10.1. The zero-order valence-corrected chi connectivity index (χ0v) is 12.8. The molecule has 0 radical (unpaired) electrons. The molecule has 0 spiro atoms. The van der Waals surface area contributed by atoms with Gasteiger partial charge in [-0.05, 0) is 42.3 Å². The van der Waals surface area contributed by atoms with Gasteiger partial charge in [-0.15, -0.1) is 0 Å². The minimum atomic E-state index is -0.230. The normalized spacial score (nSPS) is 10.5. The molecule has 0 aliphatic heterocycles. The molecule has 6 heteroatoms. The van der Waals surface area contributed by atoms with Crippen molar-refractivity contribution in [1.82, 2.24) is 15.5 Å². The number of carbonyl (C=O) groups is 1. The number of anilines is 1. The fourth-order valence-electron chi connectivity index (χ4n) is 2.34. The molecular weight excluding hydrogens is 292 g/mol. The van der Waals surface area contributed by atoms with E-state index in [1.807, 2.05) is 42.5 Å². The maximum atomic E-state index is 11.9. The van der Waals surface area contributed by atoms with Crippen molar-refractivity contribution in [2.24, 2.45) is 0 Å². The van der Waals surface area contributed by atoms with Crippen LogP contribution in [0.2, 0.25) is 0 Å². The predicted molar refractivity (Wildman–Crippen MR) is 89.8 cm³/mol. The molecule has 118 valence electrons. The van der Waals surface area contributed by atoms with Crippen molar-refractivity contribution in [2.45, 2.75) is 6.42 Å². The number of fused-ring (bicyclic) bond motifs is 1. The van der Waals surface area contributed by atoms with Crippen LogP contribution in [0.15, 0.2) is 48.7 Å². The number of urea groups is 1. The van der Waals surface area contributed by atoms with Crippen LogP contribution in [0.5, 0.6) is 5.75 Å². The fraction of sp³-hybridized carbons (Fsp3) is 0.176. The lowest BCUT2D eigenvalue weighted by Gasteiger charge is -2.08. The monoisotopic (exact) mass is 310 g/mol. The van der Waals surface area contributed by atoms with E-state index >= 15 is 0 Å². The first kappa shape index (κ1) is 14.9. The van der Waals surface area contributed by atoms with E-state index in [0.717, 1.165) is 34.3 Å². The van der Waals surface area contributed by atoms with E-state index in [-0.39, 0.29) is 6.03 Å². The molecule has 23 heavy (non-hydrogen) atoms. The number of amides is 2. The van der Waals surface area contributed by atoms with Gasteiger partial charge in [0.15, 0.2) is 0 Å². The van der Waals surface area contributed by atoms with Crippen LogP contribution >= 0.6 is 0 Å². The van der Waals surface area contributed by atoms with Gasteiger partial charge in [-0.3, -0.25) is 5.10 Å². The van der Waals surface area contributed by atoms with Gasteiger partial charge in [-0.2, -0.15) is 5.10 Å². The molecule has 2 amide bonds. The topological polar surface area (TPSA) is 79.0 Å². The number of hydrogen-bond acceptors (Lipinski definition) is 3. The van der Waals surface area contributed by atoms with Gasteiger partial charge in [0, 0.05) is 17.6 Å². The first-order valence-electron chi connectivity index (χ1n) is 7.35. The SMILES string of the molecule is COc1cccc(CCNC(=O)Nc2ccc3cn[nH]c3c2)c1. The van der Waals surface area contributed by atoms with E-state index in [2.05, 4.69) is 20.8 Å². The molecule has 0 atom stereocenters. The van der Waals surface area contributed by atoms with Crippen molar-refractivity contribution in [3.05, 3.63) is 54.2 Å². The number of aromatic nitrogens is 2. The summed E-state index contributed by atoms with van der Waals surface area (Å²) in [4.78, 5) is 11.9. The van der Waals surface area contributed by atoms with E-state index in [1.165, 1.54) is 0 Å². The molecule has 2 aromatic carbocycles. The number of benzene rings is 2. The van der Waals surface area contributed by atoms with E-state index < -0.39 is 0 Å². The van der Waals surface area contributed by atoms with Gasteiger partial charge in [-0.1, -0.05) is 12.1 Å². The molecule has 3 aromatic rings. The average molecular weight is 310 g/mol. The maximum absolute atomic E-state index is 11.9. The molecule has 3 N–H and O–H groups in total. The standard InChI is InChI=1S/C17H18N4O2/c1-23-15-4-2-3-12(9-15)7-8-18-17(22)20-14-6-5-13-11-19-21-16(13)10-14/h2-6,9-11H,7-8H2,1H3,(H,19,21)(H2,18,20,22). The van der Waals surface area contributed by atoms with Gasteiger partial charge in [0.25, 0.3) is 0 Å². The van der Waals surface area contributed by atoms with Crippen molar-refractivity contribution >= 4 is 22.6 Å². The van der Waals surface area contributed by atoms with Crippen LogP contribution in [0.1, 0.15) is 5.56 Å². The third-order valence-electron chi connectivity index (χ3n) is 3.53. The summed E-state index contributed by atoms with van der Waals surface area (Å²) in [5.41, 5.74) is 2.73. The number of hydrogen-bond donors (Lipinski definition) is 3. The number of carbonyl (C=O) groups excluding carboxylic acids is 1. The predicted octanol–water partition coefficient (Wildman–Crippen LogP) is 2.94. The Labute approximate surface area is 133 Å². The van der Waals surface area contributed by atoms with Crippen molar-refractivity contribution < 1.29 is 9.53 Å². The fourth-order valence-corrected chi connectivity index (χ4v) is 2.34. The summed E-state index contributed by atoms with van der Waals surface area (Å²) in [6, 6.07) is 13.2. The van der Waals surface area contributed by atoms with E-state index in [9.17, 15) is 4.79 Å². The maximum Gasteiger partial charge on any atom is 0.319 e. The third kappa shape index (κ3) is 3.79. The molecule has 3 rings (SSSR count). The molecule has 0 unspecified atom stereocenters. The lowest BCUT2D eigenvalue weighted by Crippen LogP contribution is -2.30. The zero-order chi connectivity index (χ0) is 16.1. The van der Waals surface area contributed by atoms with Crippen molar-refractivity contribution in [3.63, 3.8) is 0 Å². The molecular formula is C17H18N4O2. The van der Waals surface area contributed by atoms with Gasteiger partial charge in [0.05, 0.1) is 18.8 Å². The summed E-state index contributed by atoms with van der Waals surface area (Å²) in [7, 11) is 1.64. The Kier molecular flexibility index (Phi) is 4.42. The van der Waals surface area contributed by atoms with Crippen LogP contribution in [0.4, 0.5) is 10.5 Å². The van der Waals surface area contributed by atoms with Crippen LogP contribution < -0.4 is 15.4 Å². The van der Waals surface area contributed by atoms with Gasteiger partial charge < -0.3 is 15.4 Å². The first-order valence-corrected chi connectivity index (χ1v) is 7.35. The molecule has 0 saturated carbocycles. The lowest BCUT2D eigenvalue weighted by molar-refractivity contribution is 0.252. The van der Waals surface area contributed by atoms with Crippen LogP contribution in [-0.4, -0.2) is 29.9 Å². The average Bonchev–Trinajstić information content (AvgIpc) is 3.02. The van der Waals surface area contributed by atoms with Crippen LogP contribution in [0, 0.1) is 0 Å². The quantitative estimate of drug-likeness (QED) is 0.678. The summed E-state index contributed by atoms with van der Waals surface area (Å²) in [6.07, 6.45) is 2.48. The highest BCUT2D eigenvalue weighted by Crippen LogP contribution is 2.16. The summed E-state index contributed by atoms with van der Waals surface area (Å²) in [5, 5.41) is 13.5. The Morgan fingerprint density at radius 3 is 3.04 bits per heavy atom. The molecule has 1 heterocycles. The van der Waals surface area contributed by atoms with Crippen molar-refractivity contribution in [2.75, 3.05) is 19.0 Å². The number of aromatic amines is 1. The Morgan fingerprint density at radius 1 is 1.26 bits per heavy atom. The summed E-state index contributed by atoms with van der Waals surface area (Å²) < 4.78 is 5.18. The number of methoxy groups -OCH3 is 1. The highest BCUT2D eigenvalue weighted by Gasteiger charge is 2.03. The Balaban J connectivity index is 1.51. The van der Waals surface area contributed by atoms with Gasteiger partial charge in [0.1, 0.15) is 5.75 Å². The molecule has 6 nitrogen and oxygen atoms in total. The smallest absolute Gasteiger partial charge is 0.319 e. The molecule has 0 aliphatic rings. The number of nitrogens with one attached hydrogen (secondary N) is 3. The van der Waals surface area contributed by atoms with Crippen LogP contribution in [0.3, 0.4) is 0 Å². The highest BCUT2D eigenvalue weighted by atomic mass is 16.5. The Bertz CT molecular complexity index is 813. The summed E-state index contributed by atoms with van der Waals surface area (Å²) in [6.45, 7) is 0.547. The zero-order valence-electron chi connectivity index (χ0n) is 12.8. The van der Waals surface area contributed by atoms with E-state index in [4.69, 9.17) is 4.74 Å². The van der Waals surface area contributed by atoms with Crippen LogP contribution in [-0.2, 0) is 6.42 Å². The second kappa shape index (κ2) is 6.83. The third-order valence-corrected chi connectivity index (χ3v) is 3.53.